The summed E-state index contributed by atoms with van der Waals surface area (Å²) in [6, 6.07) is 9.06. The number of fused-ring (bicyclic) bond motifs is 1. The van der Waals surface area contributed by atoms with Gasteiger partial charge in [0, 0.05) is 22.9 Å². The van der Waals surface area contributed by atoms with Gasteiger partial charge in [-0.1, -0.05) is 56.1 Å². The number of benzene rings is 1. The van der Waals surface area contributed by atoms with Gasteiger partial charge >= 0.3 is 0 Å². The number of halogens is 2. The lowest BCUT2D eigenvalue weighted by atomic mass is 9.97. The fraction of sp³-hybridized carbons (Fsp3) is 0.385. The van der Waals surface area contributed by atoms with E-state index in [1.54, 1.807) is 0 Å². The maximum atomic E-state index is 3.66. The molecule has 16 heavy (non-hydrogen) atoms. The van der Waals surface area contributed by atoms with E-state index < -0.39 is 0 Å². The van der Waals surface area contributed by atoms with Crippen LogP contribution >= 0.6 is 31.9 Å². The minimum atomic E-state index is 0.459. The first-order valence-electron chi connectivity index (χ1n) is 5.45. The van der Waals surface area contributed by atoms with Crippen LogP contribution in [0.3, 0.4) is 0 Å². The highest BCUT2D eigenvalue weighted by Gasteiger charge is 2.20. The van der Waals surface area contributed by atoms with Crippen LogP contribution in [0.5, 0.6) is 0 Å². The Labute approximate surface area is 114 Å². The first-order valence-corrected chi connectivity index (χ1v) is 7.49. The third-order valence-corrected chi connectivity index (χ3v) is 5.23. The van der Waals surface area contributed by atoms with E-state index in [0.717, 1.165) is 11.9 Å². The summed E-state index contributed by atoms with van der Waals surface area (Å²) in [7, 11) is 0. The van der Waals surface area contributed by atoms with Gasteiger partial charge in [-0.15, -0.1) is 0 Å². The largest absolute Gasteiger partial charge is 0.369 e. The smallest absolute Gasteiger partial charge is 0.0515 e. The Bertz CT molecular complexity index is 389. The molecule has 1 aromatic rings. The van der Waals surface area contributed by atoms with Gasteiger partial charge in [-0.05, 0) is 24.1 Å². The van der Waals surface area contributed by atoms with Gasteiger partial charge in [0.2, 0.25) is 0 Å². The first-order chi connectivity index (χ1) is 7.72. The molecule has 1 aromatic carbocycles. The predicted molar refractivity (Wildman–Crippen MR) is 77.1 cm³/mol. The fourth-order valence-electron chi connectivity index (χ4n) is 2.02. The van der Waals surface area contributed by atoms with E-state index in [-0.39, 0.29) is 0 Å². The quantitative estimate of drug-likeness (QED) is 0.743. The standard InChI is InChI=1S/C13H15Br2N/c1-10-13-5-3-2-4-11(13)6-7-16(10)9-12(15)8-14/h2-7,10,12H,8-9H2,1H3. The summed E-state index contributed by atoms with van der Waals surface area (Å²) in [5.41, 5.74) is 2.76. The van der Waals surface area contributed by atoms with Crippen LogP contribution in [0.4, 0.5) is 0 Å². The van der Waals surface area contributed by atoms with Gasteiger partial charge in [-0.2, -0.15) is 0 Å². The molecular formula is C13H15Br2N. The zero-order chi connectivity index (χ0) is 11.5. The van der Waals surface area contributed by atoms with Crippen molar-refractivity contribution in [2.75, 3.05) is 11.9 Å². The third kappa shape index (κ3) is 2.51. The Hall–Kier alpha value is -0.280. The van der Waals surface area contributed by atoms with Gasteiger partial charge in [-0.25, -0.2) is 0 Å². The van der Waals surface area contributed by atoms with E-state index in [4.69, 9.17) is 0 Å². The molecule has 0 N–H and O–H groups in total. The summed E-state index contributed by atoms with van der Waals surface area (Å²) in [4.78, 5) is 2.87. The highest BCUT2D eigenvalue weighted by Crippen LogP contribution is 2.30. The molecule has 0 fully saturated rings. The molecule has 0 spiro atoms. The molecular weight excluding hydrogens is 330 g/mol. The molecule has 0 aliphatic carbocycles. The lowest BCUT2D eigenvalue weighted by molar-refractivity contribution is 0.301. The van der Waals surface area contributed by atoms with E-state index >= 15 is 0 Å². The Morgan fingerprint density at radius 1 is 1.38 bits per heavy atom. The van der Waals surface area contributed by atoms with Crippen LogP contribution in [0.25, 0.3) is 6.08 Å². The average molecular weight is 345 g/mol. The molecule has 0 radical (unpaired) electrons. The molecule has 2 rings (SSSR count). The van der Waals surface area contributed by atoms with Crippen LogP contribution in [-0.2, 0) is 0 Å². The molecule has 3 heteroatoms. The maximum Gasteiger partial charge on any atom is 0.0515 e. The zero-order valence-corrected chi connectivity index (χ0v) is 12.4. The molecule has 0 saturated carbocycles. The molecule has 2 unspecified atom stereocenters. The van der Waals surface area contributed by atoms with Crippen molar-refractivity contribution in [2.45, 2.75) is 17.8 Å². The van der Waals surface area contributed by atoms with Crippen molar-refractivity contribution in [3.8, 4) is 0 Å². The fourth-order valence-corrected chi connectivity index (χ4v) is 2.56. The van der Waals surface area contributed by atoms with Gasteiger partial charge in [0.15, 0.2) is 0 Å². The van der Waals surface area contributed by atoms with Gasteiger partial charge in [0.05, 0.1) is 6.04 Å². The lowest BCUT2D eigenvalue weighted by Gasteiger charge is -2.33. The first kappa shape index (κ1) is 12.2. The second-order valence-electron chi connectivity index (χ2n) is 4.07. The molecule has 1 heterocycles. The van der Waals surface area contributed by atoms with Crippen LogP contribution < -0.4 is 0 Å². The summed E-state index contributed by atoms with van der Waals surface area (Å²) in [6.45, 7) is 3.29. The van der Waals surface area contributed by atoms with Crippen molar-refractivity contribution < 1.29 is 0 Å². The van der Waals surface area contributed by atoms with Crippen molar-refractivity contribution in [3.05, 3.63) is 41.6 Å². The SMILES string of the molecule is CC1c2ccccc2C=CN1CC(Br)CBr. The summed E-state index contributed by atoms with van der Waals surface area (Å²) >= 11 is 7.15. The highest BCUT2D eigenvalue weighted by molar-refractivity contribution is 9.12. The number of alkyl halides is 2. The van der Waals surface area contributed by atoms with Crippen LogP contribution in [0.15, 0.2) is 30.5 Å². The third-order valence-electron chi connectivity index (χ3n) is 2.97. The van der Waals surface area contributed by atoms with Crippen molar-refractivity contribution in [3.63, 3.8) is 0 Å². The normalized spacial score (nSPS) is 20.7. The van der Waals surface area contributed by atoms with E-state index in [0.29, 0.717) is 10.9 Å². The maximum absolute atomic E-state index is 3.66. The van der Waals surface area contributed by atoms with Crippen LogP contribution in [0.2, 0.25) is 0 Å². The minimum absolute atomic E-state index is 0.459. The van der Waals surface area contributed by atoms with Gasteiger partial charge < -0.3 is 4.90 Å². The van der Waals surface area contributed by atoms with E-state index in [2.05, 4.69) is 80.2 Å². The predicted octanol–water partition coefficient (Wildman–Crippen LogP) is 4.19. The van der Waals surface area contributed by atoms with Crippen LogP contribution in [-0.4, -0.2) is 21.6 Å². The minimum Gasteiger partial charge on any atom is -0.369 e. The number of hydrogen-bond donors (Lipinski definition) is 0. The van der Waals surface area contributed by atoms with E-state index in [1.807, 2.05) is 0 Å². The second-order valence-corrected chi connectivity index (χ2v) is 6.01. The second kappa shape index (κ2) is 5.37. The summed E-state index contributed by atoms with van der Waals surface area (Å²) in [5, 5.41) is 0.978. The van der Waals surface area contributed by atoms with Crippen LogP contribution in [0.1, 0.15) is 24.1 Å². The molecule has 1 aliphatic heterocycles. The van der Waals surface area contributed by atoms with Crippen molar-refractivity contribution >= 4 is 37.9 Å². The molecule has 1 nitrogen and oxygen atoms in total. The molecule has 0 aromatic heterocycles. The van der Waals surface area contributed by atoms with Crippen molar-refractivity contribution in [2.24, 2.45) is 0 Å². The van der Waals surface area contributed by atoms with Gasteiger partial charge in [0.25, 0.3) is 0 Å². The van der Waals surface area contributed by atoms with Crippen LogP contribution in [0, 0.1) is 0 Å². The molecule has 0 saturated heterocycles. The number of rotatable bonds is 3. The molecule has 2 atom stereocenters. The average Bonchev–Trinajstić information content (AvgIpc) is 2.33. The molecule has 86 valence electrons. The zero-order valence-electron chi connectivity index (χ0n) is 9.24. The Kier molecular flexibility index (Phi) is 4.09. The van der Waals surface area contributed by atoms with Gasteiger partial charge in [0.1, 0.15) is 0 Å². The van der Waals surface area contributed by atoms with E-state index in [1.165, 1.54) is 11.1 Å². The summed E-state index contributed by atoms with van der Waals surface area (Å²) < 4.78 is 0. The molecule has 0 bridgehead atoms. The number of hydrogen-bond acceptors (Lipinski definition) is 1. The Balaban J connectivity index is 2.18. The Morgan fingerprint density at radius 3 is 2.88 bits per heavy atom. The Morgan fingerprint density at radius 2 is 2.12 bits per heavy atom. The summed E-state index contributed by atoms with van der Waals surface area (Å²) in [6.07, 6.45) is 4.40. The highest BCUT2D eigenvalue weighted by atomic mass is 79.9. The van der Waals surface area contributed by atoms with Crippen molar-refractivity contribution in [1.82, 2.24) is 4.90 Å². The summed E-state index contributed by atoms with van der Waals surface area (Å²) in [5.74, 6) is 0. The number of nitrogens with zero attached hydrogens (tertiary/aromatic N) is 1. The van der Waals surface area contributed by atoms with Gasteiger partial charge in [-0.3, -0.25) is 0 Å². The lowest BCUT2D eigenvalue weighted by Crippen LogP contribution is -2.30. The molecule has 1 aliphatic rings. The monoisotopic (exact) mass is 343 g/mol. The topological polar surface area (TPSA) is 3.24 Å². The van der Waals surface area contributed by atoms with E-state index in [9.17, 15) is 0 Å². The molecule has 0 amide bonds. The van der Waals surface area contributed by atoms with Crippen molar-refractivity contribution in [1.29, 1.82) is 0 Å².